The molecule has 2 N–H and O–H groups in total. The van der Waals surface area contributed by atoms with Crippen molar-refractivity contribution in [1.82, 2.24) is 0 Å². The smallest absolute Gasteiger partial charge is 0.159 e. The van der Waals surface area contributed by atoms with Gasteiger partial charge in [-0.1, -0.05) is 0 Å². The summed E-state index contributed by atoms with van der Waals surface area (Å²) in [5.74, 6) is -0.0634. The summed E-state index contributed by atoms with van der Waals surface area (Å²) in [5, 5.41) is 8.58. The molecule has 60 valence electrons. The number of rotatable bonds is 1. The van der Waals surface area contributed by atoms with Gasteiger partial charge in [0.05, 0.1) is 5.56 Å². The van der Waals surface area contributed by atoms with E-state index in [2.05, 4.69) is 0 Å². The van der Waals surface area contributed by atoms with Crippen LogP contribution in [0.5, 0.6) is 0 Å². The van der Waals surface area contributed by atoms with E-state index in [-0.39, 0.29) is 5.78 Å². The molecule has 0 atom stereocenters. The SMILES string of the molecule is CC(=O)c1ccc(N)c(C#N)c1. The third-order valence-electron chi connectivity index (χ3n) is 1.58. The van der Waals surface area contributed by atoms with Crippen molar-refractivity contribution in [3.63, 3.8) is 0 Å². The van der Waals surface area contributed by atoms with Crippen molar-refractivity contribution in [2.75, 3.05) is 5.73 Å². The number of ketones is 1. The molecule has 12 heavy (non-hydrogen) atoms. The van der Waals surface area contributed by atoms with Gasteiger partial charge in [0.15, 0.2) is 5.78 Å². The fourth-order valence-corrected chi connectivity index (χ4v) is 0.872. The van der Waals surface area contributed by atoms with Gasteiger partial charge < -0.3 is 5.73 Å². The zero-order valence-corrected chi connectivity index (χ0v) is 6.66. The molecule has 0 amide bonds. The van der Waals surface area contributed by atoms with Gasteiger partial charge in [0, 0.05) is 11.3 Å². The Labute approximate surface area is 70.4 Å². The van der Waals surface area contributed by atoms with E-state index in [0.29, 0.717) is 16.8 Å². The molecule has 0 aliphatic carbocycles. The molecule has 0 saturated heterocycles. The van der Waals surface area contributed by atoms with Gasteiger partial charge >= 0.3 is 0 Å². The maximum atomic E-state index is 10.9. The Balaban J connectivity index is 3.25. The highest BCUT2D eigenvalue weighted by Crippen LogP contribution is 2.12. The van der Waals surface area contributed by atoms with E-state index in [1.54, 1.807) is 12.1 Å². The van der Waals surface area contributed by atoms with Crippen molar-refractivity contribution >= 4 is 11.5 Å². The molecule has 3 nitrogen and oxygen atoms in total. The Morgan fingerprint density at radius 3 is 2.75 bits per heavy atom. The van der Waals surface area contributed by atoms with Crippen molar-refractivity contribution < 1.29 is 4.79 Å². The van der Waals surface area contributed by atoms with Gasteiger partial charge in [-0.25, -0.2) is 0 Å². The number of hydrogen-bond acceptors (Lipinski definition) is 3. The second kappa shape index (κ2) is 3.05. The number of hydrogen-bond donors (Lipinski definition) is 1. The minimum Gasteiger partial charge on any atom is -0.398 e. The van der Waals surface area contributed by atoms with Crippen LogP contribution in [0.2, 0.25) is 0 Å². The quantitative estimate of drug-likeness (QED) is 0.498. The van der Waals surface area contributed by atoms with Crippen molar-refractivity contribution in [2.45, 2.75) is 6.92 Å². The molecule has 1 aromatic rings. The molecule has 0 spiro atoms. The van der Waals surface area contributed by atoms with Gasteiger partial charge in [0.2, 0.25) is 0 Å². The summed E-state index contributed by atoms with van der Waals surface area (Å²) < 4.78 is 0. The number of anilines is 1. The number of carbonyl (C=O) groups excluding carboxylic acids is 1. The molecule has 0 saturated carbocycles. The highest BCUT2D eigenvalue weighted by molar-refractivity contribution is 5.94. The van der Waals surface area contributed by atoms with Crippen LogP contribution in [-0.4, -0.2) is 5.78 Å². The summed E-state index contributed by atoms with van der Waals surface area (Å²) in [6, 6.07) is 6.59. The number of nitrogens with zero attached hydrogens (tertiary/aromatic N) is 1. The van der Waals surface area contributed by atoms with Crippen LogP contribution in [0.25, 0.3) is 0 Å². The lowest BCUT2D eigenvalue weighted by atomic mass is 10.1. The van der Waals surface area contributed by atoms with Gasteiger partial charge in [-0.2, -0.15) is 5.26 Å². The van der Waals surface area contributed by atoms with E-state index in [4.69, 9.17) is 11.0 Å². The van der Waals surface area contributed by atoms with Crippen molar-refractivity contribution in [1.29, 1.82) is 5.26 Å². The van der Waals surface area contributed by atoms with Crippen LogP contribution < -0.4 is 5.73 Å². The van der Waals surface area contributed by atoms with Crippen LogP contribution >= 0.6 is 0 Å². The van der Waals surface area contributed by atoms with E-state index < -0.39 is 0 Å². The molecule has 3 heteroatoms. The monoisotopic (exact) mass is 160 g/mol. The van der Waals surface area contributed by atoms with E-state index in [1.807, 2.05) is 6.07 Å². The first-order chi connectivity index (χ1) is 5.65. The Hall–Kier alpha value is -1.82. The standard InChI is InChI=1S/C9H8N2O/c1-6(12)7-2-3-9(11)8(4-7)5-10/h2-4H,11H2,1H3. The highest BCUT2D eigenvalue weighted by Gasteiger charge is 2.02. The van der Waals surface area contributed by atoms with E-state index in [0.717, 1.165) is 0 Å². The Bertz CT molecular complexity index is 363. The van der Waals surface area contributed by atoms with Crippen LogP contribution in [-0.2, 0) is 0 Å². The number of nitrogens with two attached hydrogens (primary N) is 1. The minimum absolute atomic E-state index is 0.0634. The number of nitrogen functional groups attached to an aromatic ring is 1. The van der Waals surface area contributed by atoms with E-state index in [1.165, 1.54) is 13.0 Å². The largest absolute Gasteiger partial charge is 0.398 e. The van der Waals surface area contributed by atoms with Crippen LogP contribution in [0.1, 0.15) is 22.8 Å². The average Bonchev–Trinajstić information content (AvgIpc) is 2.05. The lowest BCUT2D eigenvalue weighted by molar-refractivity contribution is 0.101. The number of nitriles is 1. The Morgan fingerprint density at radius 2 is 2.25 bits per heavy atom. The summed E-state index contributed by atoms with van der Waals surface area (Å²) in [6.45, 7) is 1.45. The lowest BCUT2D eigenvalue weighted by Crippen LogP contribution is -1.96. The van der Waals surface area contributed by atoms with E-state index >= 15 is 0 Å². The molecule has 1 aromatic carbocycles. The maximum Gasteiger partial charge on any atom is 0.159 e. The molecule has 0 unspecified atom stereocenters. The molecule has 0 aliphatic rings. The predicted molar refractivity (Wildman–Crippen MR) is 45.6 cm³/mol. The summed E-state index contributed by atoms with van der Waals surface area (Å²) in [7, 11) is 0. The van der Waals surface area contributed by atoms with Crippen molar-refractivity contribution in [2.24, 2.45) is 0 Å². The first-order valence-electron chi connectivity index (χ1n) is 3.45. The lowest BCUT2D eigenvalue weighted by Gasteiger charge is -1.98. The highest BCUT2D eigenvalue weighted by atomic mass is 16.1. The third kappa shape index (κ3) is 1.43. The molecule has 1 rings (SSSR count). The summed E-state index contributed by atoms with van der Waals surface area (Å²) in [5.41, 5.74) is 6.74. The summed E-state index contributed by atoms with van der Waals surface area (Å²) in [4.78, 5) is 10.9. The van der Waals surface area contributed by atoms with Gasteiger partial charge in [-0.3, -0.25) is 4.79 Å². The number of benzene rings is 1. The van der Waals surface area contributed by atoms with Crippen molar-refractivity contribution in [3.8, 4) is 6.07 Å². The average molecular weight is 160 g/mol. The van der Waals surface area contributed by atoms with Crippen molar-refractivity contribution in [3.05, 3.63) is 29.3 Å². The number of carbonyl (C=O) groups is 1. The summed E-state index contributed by atoms with van der Waals surface area (Å²) in [6.07, 6.45) is 0. The van der Waals surface area contributed by atoms with Crippen LogP contribution in [0.15, 0.2) is 18.2 Å². The fraction of sp³-hybridized carbons (Fsp3) is 0.111. The first kappa shape index (κ1) is 8.28. The second-order valence-electron chi connectivity index (χ2n) is 2.47. The van der Waals surface area contributed by atoms with Gasteiger partial charge in [0.1, 0.15) is 6.07 Å². The van der Waals surface area contributed by atoms with Gasteiger partial charge in [-0.15, -0.1) is 0 Å². The minimum atomic E-state index is -0.0634. The zero-order chi connectivity index (χ0) is 9.14. The third-order valence-corrected chi connectivity index (χ3v) is 1.58. The zero-order valence-electron chi connectivity index (χ0n) is 6.66. The molecular formula is C9H8N2O. The first-order valence-corrected chi connectivity index (χ1v) is 3.45. The second-order valence-corrected chi connectivity index (χ2v) is 2.47. The molecule has 0 heterocycles. The van der Waals surface area contributed by atoms with Crippen LogP contribution in [0, 0.1) is 11.3 Å². The van der Waals surface area contributed by atoms with E-state index in [9.17, 15) is 4.79 Å². The van der Waals surface area contributed by atoms with Gasteiger partial charge in [-0.05, 0) is 25.1 Å². The molecule has 0 fully saturated rings. The maximum absolute atomic E-state index is 10.9. The number of Topliss-reactive ketones (excluding diaryl/α,β-unsaturated/α-hetero) is 1. The normalized spacial score (nSPS) is 9.00. The summed E-state index contributed by atoms with van der Waals surface area (Å²) >= 11 is 0. The fourth-order valence-electron chi connectivity index (χ4n) is 0.872. The molecule has 0 bridgehead atoms. The van der Waals surface area contributed by atoms with Gasteiger partial charge in [0.25, 0.3) is 0 Å². The predicted octanol–water partition coefficient (Wildman–Crippen LogP) is 1.34. The Kier molecular flexibility index (Phi) is 2.11. The molecule has 0 radical (unpaired) electrons. The Morgan fingerprint density at radius 1 is 1.58 bits per heavy atom. The topological polar surface area (TPSA) is 66.9 Å². The van der Waals surface area contributed by atoms with Crippen LogP contribution in [0.3, 0.4) is 0 Å². The molecule has 0 aliphatic heterocycles. The molecular weight excluding hydrogens is 152 g/mol. The molecule has 0 aromatic heterocycles. The van der Waals surface area contributed by atoms with Crippen LogP contribution in [0.4, 0.5) is 5.69 Å².